The van der Waals surface area contributed by atoms with E-state index < -0.39 is 0 Å². The van der Waals surface area contributed by atoms with Crippen LogP contribution in [0.5, 0.6) is 0 Å². The van der Waals surface area contributed by atoms with Gasteiger partial charge in [-0.25, -0.2) is 0 Å². The zero-order valence-corrected chi connectivity index (χ0v) is 8.68. The average molecular weight is 170 g/mol. The van der Waals surface area contributed by atoms with Crippen molar-refractivity contribution < 1.29 is 4.74 Å². The van der Waals surface area contributed by atoms with Crippen LogP contribution in [0.2, 0.25) is 0 Å². The van der Waals surface area contributed by atoms with Crippen molar-refractivity contribution in [2.45, 2.75) is 52.6 Å². The molecule has 0 radical (unpaired) electrons. The number of ether oxygens (including phenoxy) is 1. The second-order valence-corrected chi connectivity index (χ2v) is 4.13. The summed E-state index contributed by atoms with van der Waals surface area (Å²) in [6.45, 7) is 7.81. The van der Waals surface area contributed by atoms with Gasteiger partial charge < -0.3 is 4.74 Å². The molecule has 2 unspecified atom stereocenters. The molecule has 0 aromatic carbocycles. The van der Waals surface area contributed by atoms with Gasteiger partial charge in [0, 0.05) is 6.61 Å². The minimum Gasteiger partial charge on any atom is -0.378 e. The highest BCUT2D eigenvalue weighted by molar-refractivity contribution is 4.73. The van der Waals surface area contributed by atoms with Crippen molar-refractivity contribution in [1.29, 1.82) is 0 Å². The minimum atomic E-state index is 0.566. The Balaban J connectivity index is 2.32. The summed E-state index contributed by atoms with van der Waals surface area (Å²) in [5.74, 6) is 1.59. The highest BCUT2D eigenvalue weighted by Crippen LogP contribution is 2.26. The van der Waals surface area contributed by atoms with Crippen LogP contribution >= 0.6 is 0 Å². The maximum atomic E-state index is 5.83. The number of hydrogen-bond acceptors (Lipinski definition) is 1. The molecule has 72 valence electrons. The van der Waals surface area contributed by atoms with Gasteiger partial charge in [0.05, 0.1) is 6.10 Å². The summed E-state index contributed by atoms with van der Waals surface area (Å²) in [5.41, 5.74) is 0. The lowest BCUT2D eigenvalue weighted by Crippen LogP contribution is -2.30. The van der Waals surface area contributed by atoms with E-state index in [0.717, 1.165) is 18.4 Å². The first-order chi connectivity index (χ1) is 5.77. The third kappa shape index (κ3) is 2.48. The van der Waals surface area contributed by atoms with E-state index in [1.807, 2.05) is 0 Å². The second kappa shape index (κ2) is 4.86. The lowest BCUT2D eigenvalue weighted by molar-refractivity contribution is -0.0450. The molecule has 1 saturated heterocycles. The Kier molecular flexibility index (Phi) is 4.07. The molecular weight excluding hydrogens is 148 g/mol. The maximum Gasteiger partial charge on any atom is 0.0603 e. The Morgan fingerprint density at radius 2 is 1.92 bits per heavy atom. The molecule has 0 saturated carbocycles. The molecule has 0 amide bonds. The van der Waals surface area contributed by atoms with Crippen molar-refractivity contribution in [3.05, 3.63) is 0 Å². The first kappa shape index (κ1) is 10.0. The fraction of sp³-hybridized carbons (Fsp3) is 1.00. The Labute approximate surface area is 76.5 Å². The SMILES string of the molecule is CCC(CC)C1CCC(C)CO1. The van der Waals surface area contributed by atoms with E-state index >= 15 is 0 Å². The predicted octanol–water partition coefficient (Wildman–Crippen LogP) is 3.24. The molecule has 1 rings (SSSR count). The van der Waals surface area contributed by atoms with Gasteiger partial charge in [-0.2, -0.15) is 0 Å². The van der Waals surface area contributed by atoms with Crippen molar-refractivity contribution >= 4 is 0 Å². The number of rotatable bonds is 3. The van der Waals surface area contributed by atoms with Crippen molar-refractivity contribution in [1.82, 2.24) is 0 Å². The Morgan fingerprint density at radius 1 is 1.25 bits per heavy atom. The minimum absolute atomic E-state index is 0.566. The van der Waals surface area contributed by atoms with Crippen LogP contribution in [0.1, 0.15) is 46.5 Å². The molecule has 1 aliphatic rings. The summed E-state index contributed by atoms with van der Waals surface area (Å²) in [4.78, 5) is 0. The lowest BCUT2D eigenvalue weighted by atomic mass is 9.89. The van der Waals surface area contributed by atoms with Crippen molar-refractivity contribution in [2.75, 3.05) is 6.61 Å². The molecule has 0 aliphatic carbocycles. The van der Waals surface area contributed by atoms with Gasteiger partial charge in [0.25, 0.3) is 0 Å². The molecule has 0 bridgehead atoms. The summed E-state index contributed by atoms with van der Waals surface area (Å²) >= 11 is 0. The van der Waals surface area contributed by atoms with Crippen molar-refractivity contribution in [3.63, 3.8) is 0 Å². The quantitative estimate of drug-likeness (QED) is 0.632. The van der Waals surface area contributed by atoms with Crippen LogP contribution in [0, 0.1) is 11.8 Å². The first-order valence-electron chi connectivity index (χ1n) is 5.39. The summed E-state index contributed by atoms with van der Waals surface area (Å²) in [6.07, 6.45) is 5.76. The third-order valence-electron chi connectivity index (χ3n) is 3.11. The van der Waals surface area contributed by atoms with Crippen LogP contribution in [0.25, 0.3) is 0 Å². The molecule has 0 aromatic heterocycles. The molecule has 0 spiro atoms. The zero-order chi connectivity index (χ0) is 8.97. The fourth-order valence-corrected chi connectivity index (χ4v) is 2.09. The number of hydrogen-bond donors (Lipinski definition) is 0. The van der Waals surface area contributed by atoms with Crippen LogP contribution < -0.4 is 0 Å². The monoisotopic (exact) mass is 170 g/mol. The van der Waals surface area contributed by atoms with Gasteiger partial charge in [0.1, 0.15) is 0 Å². The summed E-state index contributed by atoms with van der Waals surface area (Å²) in [6, 6.07) is 0. The topological polar surface area (TPSA) is 9.23 Å². The lowest BCUT2D eigenvalue weighted by Gasteiger charge is -2.32. The van der Waals surface area contributed by atoms with Gasteiger partial charge in [0.2, 0.25) is 0 Å². The zero-order valence-electron chi connectivity index (χ0n) is 8.68. The van der Waals surface area contributed by atoms with Crippen molar-refractivity contribution in [2.24, 2.45) is 11.8 Å². The summed E-state index contributed by atoms with van der Waals surface area (Å²) in [5, 5.41) is 0. The van der Waals surface area contributed by atoms with Gasteiger partial charge in [-0.3, -0.25) is 0 Å². The van der Waals surface area contributed by atoms with Gasteiger partial charge >= 0.3 is 0 Å². The summed E-state index contributed by atoms with van der Waals surface area (Å²) < 4.78 is 5.83. The molecule has 12 heavy (non-hydrogen) atoms. The predicted molar refractivity (Wildman–Crippen MR) is 52.2 cm³/mol. The second-order valence-electron chi connectivity index (χ2n) is 4.13. The van der Waals surface area contributed by atoms with Crippen LogP contribution in [0.3, 0.4) is 0 Å². The maximum absolute atomic E-state index is 5.83. The van der Waals surface area contributed by atoms with Gasteiger partial charge in [-0.15, -0.1) is 0 Å². The molecule has 1 nitrogen and oxygen atoms in total. The van der Waals surface area contributed by atoms with E-state index in [1.54, 1.807) is 0 Å². The van der Waals surface area contributed by atoms with E-state index in [4.69, 9.17) is 4.74 Å². The molecule has 1 heteroatoms. The van der Waals surface area contributed by atoms with Gasteiger partial charge in [-0.05, 0) is 24.7 Å². The molecule has 2 atom stereocenters. The standard InChI is InChI=1S/C11H22O/c1-4-10(5-2)11-7-6-9(3)8-12-11/h9-11H,4-8H2,1-3H3. The smallest absolute Gasteiger partial charge is 0.0603 e. The molecule has 1 fully saturated rings. The summed E-state index contributed by atoms with van der Waals surface area (Å²) in [7, 11) is 0. The highest BCUT2D eigenvalue weighted by atomic mass is 16.5. The largest absolute Gasteiger partial charge is 0.378 e. The van der Waals surface area contributed by atoms with E-state index in [1.165, 1.54) is 25.7 Å². The highest BCUT2D eigenvalue weighted by Gasteiger charge is 2.24. The van der Waals surface area contributed by atoms with Crippen LogP contribution in [-0.4, -0.2) is 12.7 Å². The van der Waals surface area contributed by atoms with E-state index in [2.05, 4.69) is 20.8 Å². The van der Waals surface area contributed by atoms with Crippen molar-refractivity contribution in [3.8, 4) is 0 Å². The Morgan fingerprint density at radius 3 is 2.33 bits per heavy atom. The van der Waals surface area contributed by atoms with E-state index in [-0.39, 0.29) is 0 Å². The van der Waals surface area contributed by atoms with Gasteiger partial charge in [0.15, 0.2) is 0 Å². The first-order valence-corrected chi connectivity index (χ1v) is 5.39. The molecule has 0 N–H and O–H groups in total. The van der Waals surface area contributed by atoms with Gasteiger partial charge in [-0.1, -0.05) is 33.6 Å². The molecule has 1 heterocycles. The molecular formula is C11H22O. The van der Waals surface area contributed by atoms with Crippen LogP contribution in [-0.2, 0) is 4.74 Å². The average Bonchev–Trinajstić information content (AvgIpc) is 2.10. The Hall–Kier alpha value is -0.0400. The molecule has 1 aliphatic heterocycles. The fourth-order valence-electron chi connectivity index (χ4n) is 2.09. The normalized spacial score (nSPS) is 31.0. The third-order valence-corrected chi connectivity index (χ3v) is 3.11. The Bertz CT molecular complexity index is 110. The molecule has 0 aromatic rings. The van der Waals surface area contributed by atoms with E-state index in [9.17, 15) is 0 Å². The van der Waals surface area contributed by atoms with Crippen LogP contribution in [0.4, 0.5) is 0 Å². The van der Waals surface area contributed by atoms with E-state index in [0.29, 0.717) is 6.10 Å². The van der Waals surface area contributed by atoms with Crippen LogP contribution in [0.15, 0.2) is 0 Å².